The highest BCUT2D eigenvalue weighted by Gasteiger charge is 2.26. The Morgan fingerprint density at radius 2 is 2.00 bits per heavy atom. The first-order chi connectivity index (χ1) is 13.4. The summed E-state index contributed by atoms with van der Waals surface area (Å²) in [4.78, 5) is 15.5. The van der Waals surface area contributed by atoms with Crippen molar-refractivity contribution in [3.63, 3.8) is 0 Å². The number of hydrogen-bond donors (Lipinski definition) is 1. The highest BCUT2D eigenvalue weighted by atomic mass is 32.2. The number of Topliss-reactive ketones (excluding diaryl/α,β-unsaturated/α-hetero) is 1. The number of nitrogens with zero attached hydrogens (tertiary/aromatic N) is 2. The number of carbonyl (C=O) groups is 1. The van der Waals surface area contributed by atoms with Crippen molar-refractivity contribution in [3.8, 4) is 10.6 Å². The fourth-order valence-electron chi connectivity index (χ4n) is 3.51. The molecular formula is C19H27N3O4S2. The predicted octanol–water partition coefficient (Wildman–Crippen LogP) is 3.29. The van der Waals surface area contributed by atoms with Crippen molar-refractivity contribution in [2.75, 3.05) is 19.6 Å². The number of nitrogens with two attached hydrogens (primary N) is 1. The van der Waals surface area contributed by atoms with Crippen LogP contribution in [0.3, 0.4) is 0 Å². The molecule has 7 nitrogen and oxygen atoms in total. The number of likely N-dealkylation sites (tertiary alicyclic amines) is 1. The average molecular weight is 426 g/mol. The highest BCUT2D eigenvalue weighted by molar-refractivity contribution is 7.89. The molecule has 0 saturated carbocycles. The van der Waals surface area contributed by atoms with Gasteiger partial charge in [0.15, 0.2) is 11.5 Å². The maximum absolute atomic E-state index is 12.2. The number of hydrogen-bond acceptors (Lipinski definition) is 7. The van der Waals surface area contributed by atoms with Crippen molar-refractivity contribution in [1.29, 1.82) is 0 Å². The van der Waals surface area contributed by atoms with Gasteiger partial charge < -0.3 is 9.42 Å². The van der Waals surface area contributed by atoms with Crippen LogP contribution in [0.4, 0.5) is 0 Å². The van der Waals surface area contributed by atoms with Gasteiger partial charge in [0.25, 0.3) is 0 Å². The lowest BCUT2D eigenvalue weighted by Crippen LogP contribution is -2.41. The number of thiophene rings is 1. The number of unbranched alkanes of at least 4 members (excludes halogenated alkanes) is 3. The van der Waals surface area contributed by atoms with Gasteiger partial charge in [-0.15, -0.1) is 11.3 Å². The van der Waals surface area contributed by atoms with Crippen LogP contribution < -0.4 is 5.14 Å². The molecule has 0 aromatic carbocycles. The zero-order chi connectivity index (χ0) is 20.0. The Bertz CT molecular complexity index is 854. The predicted molar refractivity (Wildman–Crippen MR) is 110 cm³/mol. The fraction of sp³-hybridized carbons (Fsp3) is 0.579. The van der Waals surface area contributed by atoms with E-state index in [1.807, 2.05) is 17.5 Å². The van der Waals surface area contributed by atoms with Gasteiger partial charge in [0, 0.05) is 12.5 Å². The number of piperidine rings is 1. The Morgan fingerprint density at radius 1 is 1.25 bits per heavy atom. The van der Waals surface area contributed by atoms with Gasteiger partial charge in [-0.2, -0.15) is 0 Å². The molecule has 2 aromatic rings. The summed E-state index contributed by atoms with van der Waals surface area (Å²) >= 11 is 1.56. The molecule has 2 aromatic heterocycles. The van der Waals surface area contributed by atoms with Gasteiger partial charge in [-0.1, -0.05) is 24.1 Å². The molecule has 0 atom stereocenters. The lowest BCUT2D eigenvalue weighted by molar-refractivity contribution is 0.0970. The number of rotatable bonds is 10. The molecule has 1 fully saturated rings. The molecule has 9 heteroatoms. The van der Waals surface area contributed by atoms with Crippen molar-refractivity contribution in [2.45, 2.75) is 50.2 Å². The Hall–Kier alpha value is -1.55. The van der Waals surface area contributed by atoms with Crippen molar-refractivity contribution in [1.82, 2.24) is 10.1 Å². The van der Waals surface area contributed by atoms with Crippen LogP contribution in [0.1, 0.15) is 55.4 Å². The second-order valence-electron chi connectivity index (χ2n) is 7.27. The summed E-state index contributed by atoms with van der Waals surface area (Å²) in [7, 11) is -3.39. The van der Waals surface area contributed by atoms with Gasteiger partial charge in [-0.05, 0) is 56.8 Å². The minimum atomic E-state index is -3.39. The van der Waals surface area contributed by atoms with Gasteiger partial charge in [0.1, 0.15) is 5.69 Å². The van der Waals surface area contributed by atoms with Crippen molar-refractivity contribution < 1.29 is 17.7 Å². The topological polar surface area (TPSA) is 106 Å². The van der Waals surface area contributed by atoms with Gasteiger partial charge in [0.05, 0.1) is 10.1 Å². The summed E-state index contributed by atoms with van der Waals surface area (Å²) in [6, 6.07) is 5.60. The number of sulfonamides is 1. The van der Waals surface area contributed by atoms with Crippen LogP contribution in [-0.4, -0.2) is 49.1 Å². The molecule has 0 bridgehead atoms. The maximum atomic E-state index is 12.2. The van der Waals surface area contributed by atoms with Gasteiger partial charge in [0.2, 0.25) is 10.0 Å². The lowest BCUT2D eigenvalue weighted by atomic mass is 10.1. The molecule has 3 rings (SSSR count). The number of primary sulfonamides is 1. The second kappa shape index (κ2) is 9.78. The van der Waals surface area contributed by atoms with Crippen LogP contribution in [0.5, 0.6) is 0 Å². The number of carbonyl (C=O) groups excluding carboxylic acids is 1. The average Bonchev–Trinajstić information content (AvgIpc) is 3.35. The summed E-state index contributed by atoms with van der Waals surface area (Å²) in [6.45, 7) is 2.55. The SMILES string of the molecule is NS(=O)(=O)C1CCN(CCCCCCC(=O)c2cc(-c3cccs3)on2)CC1. The molecule has 154 valence electrons. The zero-order valence-electron chi connectivity index (χ0n) is 15.9. The van der Waals surface area contributed by atoms with Crippen LogP contribution in [0.25, 0.3) is 10.6 Å². The van der Waals surface area contributed by atoms with Crippen LogP contribution in [0, 0.1) is 0 Å². The molecule has 1 aliphatic rings. The molecular weight excluding hydrogens is 398 g/mol. The Kier molecular flexibility index (Phi) is 7.39. The van der Waals surface area contributed by atoms with E-state index in [2.05, 4.69) is 10.1 Å². The fourth-order valence-corrected chi connectivity index (χ4v) is 5.05. The van der Waals surface area contributed by atoms with Crippen molar-refractivity contribution >= 4 is 27.1 Å². The lowest BCUT2D eigenvalue weighted by Gasteiger charge is -2.30. The first-order valence-electron chi connectivity index (χ1n) is 9.71. The molecule has 1 aliphatic heterocycles. The molecule has 0 radical (unpaired) electrons. The van der Waals surface area contributed by atoms with Crippen LogP contribution in [0.2, 0.25) is 0 Å². The molecule has 0 unspecified atom stereocenters. The summed E-state index contributed by atoms with van der Waals surface area (Å²) in [5, 5.41) is 10.7. The first-order valence-corrected chi connectivity index (χ1v) is 12.2. The van der Waals surface area contributed by atoms with E-state index < -0.39 is 10.0 Å². The summed E-state index contributed by atoms with van der Waals surface area (Å²) in [5.41, 5.74) is 0.404. The van der Waals surface area contributed by atoms with E-state index in [1.54, 1.807) is 17.4 Å². The molecule has 28 heavy (non-hydrogen) atoms. The Balaban J connectivity index is 1.28. The summed E-state index contributed by atoms with van der Waals surface area (Å²) in [5.74, 6) is 0.668. The molecule has 2 N–H and O–H groups in total. The van der Waals surface area contributed by atoms with Crippen molar-refractivity contribution in [3.05, 3.63) is 29.3 Å². The van der Waals surface area contributed by atoms with E-state index in [0.29, 0.717) is 30.7 Å². The van der Waals surface area contributed by atoms with E-state index in [9.17, 15) is 13.2 Å². The third-order valence-corrected chi connectivity index (χ3v) is 7.47. The van der Waals surface area contributed by atoms with E-state index in [1.165, 1.54) is 0 Å². The minimum absolute atomic E-state index is 0.0247. The molecule has 0 amide bonds. The monoisotopic (exact) mass is 425 g/mol. The number of aromatic nitrogens is 1. The summed E-state index contributed by atoms with van der Waals surface area (Å²) < 4.78 is 28.0. The number of ketones is 1. The van der Waals surface area contributed by atoms with Gasteiger partial charge in [-0.25, -0.2) is 13.6 Å². The normalized spacial score (nSPS) is 16.5. The zero-order valence-corrected chi connectivity index (χ0v) is 17.5. The molecule has 0 spiro atoms. The molecule has 0 aliphatic carbocycles. The molecule has 3 heterocycles. The third kappa shape index (κ3) is 5.97. The second-order valence-corrected chi connectivity index (χ2v) is 10.1. The van der Waals surface area contributed by atoms with Crippen LogP contribution in [0.15, 0.2) is 28.1 Å². The minimum Gasteiger partial charge on any atom is -0.355 e. The van der Waals surface area contributed by atoms with Crippen LogP contribution >= 0.6 is 11.3 Å². The largest absolute Gasteiger partial charge is 0.355 e. The third-order valence-electron chi connectivity index (χ3n) is 5.19. The van der Waals surface area contributed by atoms with E-state index in [0.717, 1.165) is 50.2 Å². The molecule has 1 saturated heterocycles. The maximum Gasteiger partial charge on any atom is 0.212 e. The summed E-state index contributed by atoms with van der Waals surface area (Å²) in [6.07, 6.45) is 5.68. The first kappa shape index (κ1) is 21.2. The quantitative estimate of drug-likeness (QED) is 0.462. The van der Waals surface area contributed by atoms with Gasteiger partial charge >= 0.3 is 0 Å². The Morgan fingerprint density at radius 3 is 2.68 bits per heavy atom. The smallest absolute Gasteiger partial charge is 0.212 e. The van der Waals surface area contributed by atoms with E-state index >= 15 is 0 Å². The Labute approximate surface area is 169 Å². The van der Waals surface area contributed by atoms with E-state index in [4.69, 9.17) is 9.66 Å². The van der Waals surface area contributed by atoms with E-state index in [-0.39, 0.29) is 11.0 Å². The van der Waals surface area contributed by atoms with Gasteiger partial charge in [-0.3, -0.25) is 4.79 Å². The standard InChI is InChI=1S/C19H27N3O4S2/c20-28(24,25)15-8-11-22(12-9-15)10-4-2-1-3-6-17(23)16-14-18(26-21-16)19-7-5-13-27-19/h5,7,13-15H,1-4,6,8-12H2,(H2,20,24,25). The highest BCUT2D eigenvalue weighted by Crippen LogP contribution is 2.25. The van der Waals surface area contributed by atoms with Crippen LogP contribution in [-0.2, 0) is 10.0 Å². The van der Waals surface area contributed by atoms with Crippen molar-refractivity contribution in [2.24, 2.45) is 5.14 Å².